The Kier molecular flexibility index (Phi) is 5.88. The molecule has 0 aliphatic carbocycles. The lowest BCUT2D eigenvalue weighted by atomic mass is 10.1. The van der Waals surface area contributed by atoms with Crippen LogP contribution in [-0.4, -0.2) is 12.1 Å². The second-order valence-electron chi connectivity index (χ2n) is 5.71. The first kappa shape index (κ1) is 15.6. The highest BCUT2D eigenvalue weighted by Crippen LogP contribution is 2.14. The average molecular weight is 287 g/mol. The topological polar surface area (TPSA) is 34.4 Å². The number of furan rings is 1. The van der Waals surface area contributed by atoms with Crippen LogP contribution in [0.25, 0.3) is 0 Å². The first-order valence-electron chi connectivity index (χ1n) is 7.65. The summed E-state index contributed by atoms with van der Waals surface area (Å²) in [7, 11) is 0. The van der Waals surface area contributed by atoms with Gasteiger partial charge in [0.05, 0.1) is 12.4 Å². The van der Waals surface area contributed by atoms with Crippen molar-refractivity contribution in [3.05, 3.63) is 54.0 Å². The van der Waals surface area contributed by atoms with Crippen LogP contribution in [0.5, 0.6) is 5.75 Å². The number of hydrogen-bond donors (Lipinski definition) is 1. The Labute approximate surface area is 127 Å². The molecule has 0 spiro atoms. The van der Waals surface area contributed by atoms with Crippen molar-refractivity contribution < 1.29 is 9.15 Å². The second kappa shape index (κ2) is 7.89. The maximum Gasteiger partial charge on any atom is 0.119 e. The number of benzene rings is 1. The van der Waals surface area contributed by atoms with Crippen molar-refractivity contribution in [2.24, 2.45) is 0 Å². The molecule has 0 amide bonds. The summed E-state index contributed by atoms with van der Waals surface area (Å²) in [5.74, 6) is 1.98. The van der Waals surface area contributed by atoms with E-state index in [9.17, 15) is 0 Å². The Hall–Kier alpha value is -1.74. The number of nitrogens with one attached hydrogen (secondary N) is 1. The second-order valence-corrected chi connectivity index (χ2v) is 5.71. The van der Waals surface area contributed by atoms with Gasteiger partial charge in [-0.2, -0.15) is 0 Å². The van der Waals surface area contributed by atoms with E-state index in [0.717, 1.165) is 30.9 Å². The van der Waals surface area contributed by atoms with Gasteiger partial charge in [0.15, 0.2) is 0 Å². The monoisotopic (exact) mass is 287 g/mol. The maximum atomic E-state index is 5.64. The molecule has 1 N–H and O–H groups in total. The molecule has 0 aliphatic rings. The third-order valence-corrected chi connectivity index (χ3v) is 3.35. The van der Waals surface area contributed by atoms with Gasteiger partial charge in [-0.1, -0.05) is 12.1 Å². The molecule has 3 heteroatoms. The van der Waals surface area contributed by atoms with Crippen LogP contribution in [0.4, 0.5) is 0 Å². The summed E-state index contributed by atoms with van der Waals surface area (Å²) in [6, 6.07) is 12.7. The summed E-state index contributed by atoms with van der Waals surface area (Å²) in [6.07, 6.45) is 3.99. The van der Waals surface area contributed by atoms with Crippen LogP contribution >= 0.6 is 0 Å². The van der Waals surface area contributed by atoms with Crippen molar-refractivity contribution >= 4 is 0 Å². The Bertz CT molecular complexity index is 503. The molecule has 2 aromatic rings. The summed E-state index contributed by atoms with van der Waals surface area (Å²) in [5, 5.41) is 3.54. The van der Waals surface area contributed by atoms with Gasteiger partial charge in [0, 0.05) is 19.0 Å². The van der Waals surface area contributed by atoms with E-state index in [4.69, 9.17) is 9.15 Å². The van der Waals surface area contributed by atoms with Crippen LogP contribution in [-0.2, 0) is 13.0 Å². The lowest BCUT2D eigenvalue weighted by Crippen LogP contribution is -2.25. The molecule has 1 aromatic heterocycles. The van der Waals surface area contributed by atoms with Crippen molar-refractivity contribution in [2.75, 3.05) is 0 Å². The molecule has 3 nitrogen and oxygen atoms in total. The van der Waals surface area contributed by atoms with E-state index in [1.807, 2.05) is 38.1 Å². The zero-order valence-electron chi connectivity index (χ0n) is 13.1. The first-order chi connectivity index (χ1) is 10.1. The summed E-state index contributed by atoms with van der Waals surface area (Å²) in [5.41, 5.74) is 1.27. The molecule has 0 fully saturated rings. The van der Waals surface area contributed by atoms with Crippen LogP contribution in [0.15, 0.2) is 47.1 Å². The molecule has 0 radical (unpaired) electrons. The molecule has 21 heavy (non-hydrogen) atoms. The lowest BCUT2D eigenvalue weighted by Gasteiger charge is -2.14. The summed E-state index contributed by atoms with van der Waals surface area (Å²) in [6.45, 7) is 7.16. The largest absolute Gasteiger partial charge is 0.491 e. The van der Waals surface area contributed by atoms with Gasteiger partial charge in [0.25, 0.3) is 0 Å². The minimum Gasteiger partial charge on any atom is -0.491 e. The number of aryl methyl sites for hydroxylation is 1. The zero-order valence-corrected chi connectivity index (χ0v) is 13.1. The lowest BCUT2D eigenvalue weighted by molar-refractivity contribution is 0.242. The van der Waals surface area contributed by atoms with Gasteiger partial charge in [-0.25, -0.2) is 0 Å². The molecule has 0 saturated carbocycles. The SMILES string of the molecule is CC(CCc1ccco1)NCc1ccc(OC(C)C)cc1. The van der Waals surface area contributed by atoms with Crippen LogP contribution in [0, 0.1) is 0 Å². The van der Waals surface area contributed by atoms with Gasteiger partial charge in [-0.3, -0.25) is 0 Å². The Morgan fingerprint density at radius 3 is 2.48 bits per heavy atom. The Morgan fingerprint density at radius 1 is 1.10 bits per heavy atom. The third kappa shape index (κ3) is 5.64. The molecule has 0 bridgehead atoms. The van der Waals surface area contributed by atoms with Gasteiger partial charge in [0.1, 0.15) is 11.5 Å². The molecule has 114 valence electrons. The van der Waals surface area contributed by atoms with E-state index in [2.05, 4.69) is 24.4 Å². The molecule has 1 atom stereocenters. The average Bonchev–Trinajstić information content (AvgIpc) is 2.97. The van der Waals surface area contributed by atoms with E-state index in [1.54, 1.807) is 6.26 Å². The quantitative estimate of drug-likeness (QED) is 0.791. The van der Waals surface area contributed by atoms with E-state index >= 15 is 0 Å². The van der Waals surface area contributed by atoms with Crippen LogP contribution in [0.2, 0.25) is 0 Å². The highest BCUT2D eigenvalue weighted by atomic mass is 16.5. The van der Waals surface area contributed by atoms with Crippen LogP contribution in [0.1, 0.15) is 38.5 Å². The molecular formula is C18H25NO2. The van der Waals surface area contributed by atoms with Crippen molar-refractivity contribution in [1.29, 1.82) is 0 Å². The Balaban J connectivity index is 1.71. The predicted octanol–water partition coefficient (Wildman–Crippen LogP) is 4.18. The number of rotatable bonds is 8. The zero-order chi connectivity index (χ0) is 15.1. The van der Waals surface area contributed by atoms with Crippen molar-refractivity contribution in [2.45, 2.75) is 52.3 Å². The van der Waals surface area contributed by atoms with Crippen LogP contribution < -0.4 is 10.1 Å². The molecule has 1 aromatic carbocycles. The fourth-order valence-electron chi connectivity index (χ4n) is 2.17. The van der Waals surface area contributed by atoms with E-state index in [0.29, 0.717) is 6.04 Å². The molecule has 1 heterocycles. The minimum atomic E-state index is 0.218. The standard InChI is InChI=1S/C18H25NO2/c1-14(2)21-18-10-7-16(8-11-18)13-19-15(3)6-9-17-5-4-12-20-17/h4-5,7-8,10-12,14-15,19H,6,9,13H2,1-3H3. The molecule has 2 rings (SSSR count). The van der Waals surface area contributed by atoms with Crippen molar-refractivity contribution in [1.82, 2.24) is 5.32 Å². The third-order valence-electron chi connectivity index (χ3n) is 3.35. The summed E-state index contributed by atoms with van der Waals surface area (Å²) < 4.78 is 11.0. The Morgan fingerprint density at radius 2 is 1.86 bits per heavy atom. The van der Waals surface area contributed by atoms with Gasteiger partial charge >= 0.3 is 0 Å². The summed E-state index contributed by atoms with van der Waals surface area (Å²) >= 11 is 0. The van der Waals surface area contributed by atoms with E-state index in [-0.39, 0.29) is 6.10 Å². The first-order valence-corrected chi connectivity index (χ1v) is 7.65. The van der Waals surface area contributed by atoms with Crippen molar-refractivity contribution in [3.8, 4) is 5.75 Å². The smallest absolute Gasteiger partial charge is 0.119 e. The van der Waals surface area contributed by atoms with Gasteiger partial charge in [-0.05, 0) is 57.0 Å². The molecule has 1 unspecified atom stereocenters. The predicted molar refractivity (Wildman–Crippen MR) is 85.5 cm³/mol. The van der Waals surface area contributed by atoms with Crippen LogP contribution in [0.3, 0.4) is 0 Å². The number of ether oxygens (including phenoxy) is 1. The summed E-state index contributed by atoms with van der Waals surface area (Å²) in [4.78, 5) is 0. The highest BCUT2D eigenvalue weighted by molar-refractivity contribution is 5.27. The molecule has 0 aliphatic heterocycles. The highest BCUT2D eigenvalue weighted by Gasteiger charge is 2.04. The molecule has 0 saturated heterocycles. The van der Waals surface area contributed by atoms with Crippen molar-refractivity contribution in [3.63, 3.8) is 0 Å². The van der Waals surface area contributed by atoms with Gasteiger partial charge in [0.2, 0.25) is 0 Å². The van der Waals surface area contributed by atoms with E-state index in [1.165, 1.54) is 5.56 Å². The fraction of sp³-hybridized carbons (Fsp3) is 0.444. The normalized spacial score (nSPS) is 12.6. The maximum absolute atomic E-state index is 5.64. The number of hydrogen-bond acceptors (Lipinski definition) is 3. The minimum absolute atomic E-state index is 0.218. The molecular weight excluding hydrogens is 262 g/mol. The van der Waals surface area contributed by atoms with E-state index < -0.39 is 0 Å². The fourth-order valence-corrected chi connectivity index (χ4v) is 2.17. The van der Waals surface area contributed by atoms with Gasteiger partial charge < -0.3 is 14.5 Å². The van der Waals surface area contributed by atoms with Gasteiger partial charge in [-0.15, -0.1) is 0 Å².